The average Bonchev–Trinajstić information content (AvgIpc) is 2.55. The standard InChI is InChI=1S/C16H20N2O6/c1-3-10-24-14-6-4-12(11-13(14)18(22)23)5-7-15(19)17(2)9-8-16(20)21/h4-7,11H,3,8-10H2,1-2H3,(H,20,21)/b7-5+. The fourth-order valence-electron chi connectivity index (χ4n) is 1.78. The predicted molar refractivity (Wildman–Crippen MR) is 87.8 cm³/mol. The minimum atomic E-state index is -0.989. The molecule has 8 nitrogen and oxygen atoms in total. The summed E-state index contributed by atoms with van der Waals surface area (Å²) in [5.41, 5.74) is 0.308. The van der Waals surface area contributed by atoms with Gasteiger partial charge in [0.2, 0.25) is 5.91 Å². The number of amides is 1. The number of nitro benzene ring substituents is 1. The van der Waals surface area contributed by atoms with E-state index in [1.165, 1.54) is 36.2 Å². The Hall–Kier alpha value is -2.90. The van der Waals surface area contributed by atoms with Crippen molar-refractivity contribution in [3.8, 4) is 5.75 Å². The van der Waals surface area contributed by atoms with Gasteiger partial charge in [0, 0.05) is 25.7 Å². The zero-order valence-corrected chi connectivity index (χ0v) is 13.6. The normalized spacial score (nSPS) is 10.6. The van der Waals surface area contributed by atoms with Crippen molar-refractivity contribution in [3.63, 3.8) is 0 Å². The fourth-order valence-corrected chi connectivity index (χ4v) is 1.78. The van der Waals surface area contributed by atoms with Gasteiger partial charge in [-0.3, -0.25) is 19.7 Å². The van der Waals surface area contributed by atoms with Crippen LogP contribution in [0.4, 0.5) is 5.69 Å². The minimum Gasteiger partial charge on any atom is -0.487 e. The molecule has 8 heteroatoms. The molecule has 0 saturated carbocycles. The van der Waals surface area contributed by atoms with Crippen LogP contribution < -0.4 is 4.74 Å². The van der Waals surface area contributed by atoms with Gasteiger partial charge < -0.3 is 14.7 Å². The highest BCUT2D eigenvalue weighted by atomic mass is 16.6. The van der Waals surface area contributed by atoms with Crippen molar-refractivity contribution in [2.24, 2.45) is 0 Å². The van der Waals surface area contributed by atoms with Crippen molar-refractivity contribution in [3.05, 3.63) is 40.0 Å². The maximum absolute atomic E-state index is 11.8. The Bertz CT molecular complexity index is 641. The highest BCUT2D eigenvalue weighted by Crippen LogP contribution is 2.28. The second-order valence-electron chi connectivity index (χ2n) is 5.07. The third-order valence-electron chi connectivity index (χ3n) is 3.10. The summed E-state index contributed by atoms with van der Waals surface area (Å²) in [6.45, 7) is 2.36. The second-order valence-corrected chi connectivity index (χ2v) is 5.07. The minimum absolute atomic E-state index is 0.0858. The molecule has 1 aromatic carbocycles. The van der Waals surface area contributed by atoms with Gasteiger partial charge >= 0.3 is 11.7 Å². The zero-order chi connectivity index (χ0) is 18.1. The van der Waals surface area contributed by atoms with Gasteiger partial charge in [0.15, 0.2) is 5.75 Å². The third-order valence-corrected chi connectivity index (χ3v) is 3.10. The Morgan fingerprint density at radius 3 is 2.71 bits per heavy atom. The van der Waals surface area contributed by atoms with Crippen LogP contribution in [0.3, 0.4) is 0 Å². The van der Waals surface area contributed by atoms with Crippen LogP contribution in [-0.2, 0) is 9.59 Å². The lowest BCUT2D eigenvalue weighted by Crippen LogP contribution is -2.27. The van der Waals surface area contributed by atoms with Gasteiger partial charge in [-0.05, 0) is 24.1 Å². The number of carbonyl (C=O) groups is 2. The van der Waals surface area contributed by atoms with Crippen LogP contribution >= 0.6 is 0 Å². The van der Waals surface area contributed by atoms with Gasteiger partial charge in [-0.15, -0.1) is 0 Å². The lowest BCUT2D eigenvalue weighted by molar-refractivity contribution is -0.385. The molecule has 1 aromatic rings. The molecule has 0 radical (unpaired) electrons. The fraction of sp³-hybridized carbons (Fsp3) is 0.375. The molecule has 0 aliphatic heterocycles. The summed E-state index contributed by atoms with van der Waals surface area (Å²) in [4.78, 5) is 34.2. The van der Waals surface area contributed by atoms with Crippen LogP contribution in [0.5, 0.6) is 5.75 Å². The number of carbonyl (C=O) groups excluding carboxylic acids is 1. The summed E-state index contributed by atoms with van der Waals surface area (Å²) in [6, 6.07) is 4.43. The van der Waals surface area contributed by atoms with E-state index in [2.05, 4.69) is 0 Å². The molecule has 24 heavy (non-hydrogen) atoms. The summed E-state index contributed by atoms with van der Waals surface area (Å²) >= 11 is 0. The SMILES string of the molecule is CCCOc1ccc(/C=C/C(=O)N(C)CCC(=O)O)cc1[N+](=O)[O-]. The van der Waals surface area contributed by atoms with Crippen LogP contribution in [0.2, 0.25) is 0 Å². The molecular formula is C16H20N2O6. The van der Waals surface area contributed by atoms with Gasteiger partial charge in [-0.2, -0.15) is 0 Å². The molecule has 0 spiro atoms. The molecule has 1 N–H and O–H groups in total. The molecule has 1 amide bonds. The van der Waals surface area contributed by atoms with Crippen molar-refractivity contribution in [1.29, 1.82) is 0 Å². The third kappa shape index (κ3) is 6.07. The zero-order valence-electron chi connectivity index (χ0n) is 13.6. The van der Waals surface area contributed by atoms with E-state index in [9.17, 15) is 19.7 Å². The van der Waals surface area contributed by atoms with Gasteiger partial charge in [0.25, 0.3) is 0 Å². The number of carboxylic acid groups (broad SMARTS) is 1. The molecule has 0 saturated heterocycles. The summed E-state index contributed by atoms with van der Waals surface area (Å²) in [7, 11) is 1.49. The number of rotatable bonds is 9. The van der Waals surface area contributed by atoms with E-state index in [0.29, 0.717) is 12.2 Å². The van der Waals surface area contributed by atoms with Crippen molar-refractivity contribution in [1.82, 2.24) is 4.90 Å². The number of nitro groups is 1. The first-order chi connectivity index (χ1) is 11.3. The lowest BCUT2D eigenvalue weighted by atomic mass is 10.1. The number of aliphatic carboxylic acids is 1. The molecule has 0 atom stereocenters. The number of hydrogen-bond donors (Lipinski definition) is 1. The lowest BCUT2D eigenvalue weighted by Gasteiger charge is -2.13. The van der Waals surface area contributed by atoms with Gasteiger partial charge in [-0.1, -0.05) is 13.0 Å². The van der Waals surface area contributed by atoms with Crippen molar-refractivity contribution in [2.75, 3.05) is 20.2 Å². The first kappa shape index (κ1) is 19.1. The summed E-state index contributed by atoms with van der Waals surface area (Å²) < 4.78 is 5.32. The van der Waals surface area contributed by atoms with Crippen molar-refractivity contribution >= 4 is 23.6 Å². The number of ether oxygens (including phenoxy) is 1. The van der Waals surface area contributed by atoms with Crippen LogP contribution in [0.15, 0.2) is 24.3 Å². The smallest absolute Gasteiger partial charge is 0.311 e. The van der Waals surface area contributed by atoms with E-state index in [0.717, 1.165) is 6.42 Å². The molecule has 130 valence electrons. The Morgan fingerprint density at radius 2 is 2.12 bits per heavy atom. The number of likely N-dealkylation sites (N-methyl/N-ethyl adjacent to an activating group) is 1. The van der Waals surface area contributed by atoms with E-state index >= 15 is 0 Å². The van der Waals surface area contributed by atoms with E-state index < -0.39 is 10.9 Å². The number of carboxylic acids is 1. The van der Waals surface area contributed by atoms with Crippen LogP contribution in [0.25, 0.3) is 6.08 Å². The van der Waals surface area contributed by atoms with Crippen molar-refractivity contribution < 1.29 is 24.4 Å². The van der Waals surface area contributed by atoms with E-state index in [1.807, 2.05) is 6.92 Å². The second kappa shape index (κ2) is 9.29. The maximum Gasteiger partial charge on any atom is 0.311 e. The molecule has 0 aliphatic carbocycles. The van der Waals surface area contributed by atoms with E-state index in [4.69, 9.17) is 9.84 Å². The highest BCUT2D eigenvalue weighted by Gasteiger charge is 2.15. The quantitative estimate of drug-likeness (QED) is 0.421. The first-order valence-electron chi connectivity index (χ1n) is 7.41. The Balaban J connectivity index is 2.83. The van der Waals surface area contributed by atoms with Crippen molar-refractivity contribution in [2.45, 2.75) is 19.8 Å². The largest absolute Gasteiger partial charge is 0.487 e. The topological polar surface area (TPSA) is 110 Å². The average molecular weight is 336 g/mol. The van der Waals surface area contributed by atoms with Crippen LogP contribution in [0, 0.1) is 10.1 Å². The number of hydrogen-bond acceptors (Lipinski definition) is 5. The van der Waals surface area contributed by atoms with Crippen LogP contribution in [0.1, 0.15) is 25.3 Å². The predicted octanol–water partition coefficient (Wildman–Crippen LogP) is 2.33. The van der Waals surface area contributed by atoms with Gasteiger partial charge in [0.1, 0.15) is 0 Å². The first-order valence-corrected chi connectivity index (χ1v) is 7.41. The molecule has 0 fully saturated rings. The monoisotopic (exact) mass is 336 g/mol. The number of benzene rings is 1. The molecule has 0 unspecified atom stereocenters. The van der Waals surface area contributed by atoms with Gasteiger partial charge in [0.05, 0.1) is 18.0 Å². The molecule has 0 aromatic heterocycles. The molecular weight excluding hydrogens is 316 g/mol. The number of nitrogens with zero attached hydrogens (tertiary/aromatic N) is 2. The Morgan fingerprint density at radius 1 is 1.42 bits per heavy atom. The summed E-state index contributed by atoms with van der Waals surface area (Å²) in [6.07, 6.45) is 3.27. The molecule has 0 heterocycles. The maximum atomic E-state index is 11.8. The highest BCUT2D eigenvalue weighted by molar-refractivity contribution is 5.91. The molecule has 0 bridgehead atoms. The Kier molecular flexibility index (Phi) is 7.41. The van der Waals surface area contributed by atoms with E-state index in [1.54, 1.807) is 6.07 Å². The van der Waals surface area contributed by atoms with Crippen LogP contribution in [-0.4, -0.2) is 47.0 Å². The van der Waals surface area contributed by atoms with E-state index in [-0.39, 0.29) is 30.3 Å². The summed E-state index contributed by atoms with van der Waals surface area (Å²) in [5.74, 6) is -1.19. The van der Waals surface area contributed by atoms with Gasteiger partial charge in [-0.25, -0.2) is 0 Å². The summed E-state index contributed by atoms with van der Waals surface area (Å²) in [5, 5.41) is 19.7. The molecule has 1 rings (SSSR count). The molecule has 0 aliphatic rings. The Labute approximate surface area is 139 Å².